The van der Waals surface area contributed by atoms with E-state index in [9.17, 15) is 5.11 Å². The monoisotopic (exact) mass is 192 g/mol. The molecule has 1 aromatic carbocycles. The van der Waals surface area contributed by atoms with E-state index in [0.29, 0.717) is 6.10 Å². The lowest BCUT2D eigenvalue weighted by atomic mass is 10.1. The fraction of sp³-hybridized carbons (Fsp3) is 0.500. The first-order valence-corrected chi connectivity index (χ1v) is 5.12. The zero-order chi connectivity index (χ0) is 10.1. The Hall–Kier alpha value is -1.02. The van der Waals surface area contributed by atoms with Gasteiger partial charge in [0.05, 0.1) is 12.2 Å². The molecule has 1 fully saturated rings. The van der Waals surface area contributed by atoms with E-state index < -0.39 is 6.10 Å². The fourth-order valence-corrected chi connectivity index (χ4v) is 1.47. The van der Waals surface area contributed by atoms with Crippen molar-refractivity contribution in [1.29, 1.82) is 0 Å². The van der Waals surface area contributed by atoms with Gasteiger partial charge >= 0.3 is 0 Å². The number of aliphatic hydroxyl groups excluding tert-OH is 1. The predicted octanol–water partition coefficient (Wildman–Crippen LogP) is 2.59. The summed E-state index contributed by atoms with van der Waals surface area (Å²) in [7, 11) is 0. The standard InChI is InChI=1S/C12H16O2/c1-8-3-6-12(14-10-4-5-10)11(7-8)9(2)13/h3,6-7,9-10,13H,4-5H2,1-2H3/t9-/m0/s1. The van der Waals surface area contributed by atoms with E-state index in [2.05, 4.69) is 0 Å². The molecule has 1 saturated carbocycles. The average molecular weight is 192 g/mol. The molecule has 0 heterocycles. The van der Waals surface area contributed by atoms with Crippen LogP contribution in [0.3, 0.4) is 0 Å². The summed E-state index contributed by atoms with van der Waals surface area (Å²) in [5.41, 5.74) is 2.06. The minimum atomic E-state index is -0.455. The van der Waals surface area contributed by atoms with Gasteiger partial charge in [-0.15, -0.1) is 0 Å². The molecule has 0 bridgehead atoms. The maximum absolute atomic E-state index is 9.58. The number of benzene rings is 1. The molecule has 0 saturated heterocycles. The van der Waals surface area contributed by atoms with Crippen LogP contribution in [0.5, 0.6) is 5.75 Å². The first-order chi connectivity index (χ1) is 6.66. The summed E-state index contributed by atoms with van der Waals surface area (Å²) in [6.07, 6.45) is 2.22. The predicted molar refractivity (Wildman–Crippen MR) is 55.5 cm³/mol. The lowest BCUT2D eigenvalue weighted by Crippen LogP contribution is -2.02. The van der Waals surface area contributed by atoms with Gasteiger partial charge in [-0.05, 0) is 38.8 Å². The Bertz CT molecular complexity index is 327. The van der Waals surface area contributed by atoms with E-state index in [1.54, 1.807) is 6.92 Å². The van der Waals surface area contributed by atoms with Crippen molar-refractivity contribution in [3.63, 3.8) is 0 Å². The van der Waals surface area contributed by atoms with Crippen molar-refractivity contribution in [2.75, 3.05) is 0 Å². The van der Waals surface area contributed by atoms with Crippen molar-refractivity contribution >= 4 is 0 Å². The molecule has 1 aromatic rings. The highest BCUT2D eigenvalue weighted by atomic mass is 16.5. The first-order valence-electron chi connectivity index (χ1n) is 5.12. The number of rotatable bonds is 3. The number of aryl methyl sites for hydroxylation is 1. The maximum Gasteiger partial charge on any atom is 0.125 e. The van der Waals surface area contributed by atoms with Gasteiger partial charge in [-0.2, -0.15) is 0 Å². The molecule has 0 radical (unpaired) electrons. The highest BCUT2D eigenvalue weighted by molar-refractivity contribution is 5.38. The number of hydrogen-bond acceptors (Lipinski definition) is 2. The van der Waals surface area contributed by atoms with Crippen molar-refractivity contribution in [2.24, 2.45) is 0 Å². The summed E-state index contributed by atoms with van der Waals surface area (Å²) in [5, 5.41) is 9.58. The molecule has 0 aromatic heterocycles. The molecular formula is C12H16O2. The van der Waals surface area contributed by atoms with Crippen molar-refractivity contribution in [2.45, 2.75) is 38.9 Å². The van der Waals surface area contributed by atoms with Crippen molar-refractivity contribution in [3.05, 3.63) is 29.3 Å². The summed E-state index contributed by atoms with van der Waals surface area (Å²) < 4.78 is 5.71. The van der Waals surface area contributed by atoms with Crippen LogP contribution in [0.15, 0.2) is 18.2 Å². The van der Waals surface area contributed by atoms with Crippen LogP contribution in [-0.2, 0) is 0 Å². The highest BCUT2D eigenvalue weighted by Gasteiger charge is 2.25. The van der Waals surface area contributed by atoms with Crippen LogP contribution in [0, 0.1) is 6.92 Å². The molecule has 0 aliphatic heterocycles. The smallest absolute Gasteiger partial charge is 0.125 e. The molecule has 0 spiro atoms. The topological polar surface area (TPSA) is 29.5 Å². The number of ether oxygens (including phenoxy) is 1. The van der Waals surface area contributed by atoms with Gasteiger partial charge in [0.15, 0.2) is 0 Å². The summed E-state index contributed by atoms with van der Waals surface area (Å²) in [6, 6.07) is 5.96. The molecule has 2 nitrogen and oxygen atoms in total. The Labute approximate surface area is 84.5 Å². The third kappa shape index (κ3) is 2.07. The van der Waals surface area contributed by atoms with Crippen LogP contribution in [0.2, 0.25) is 0 Å². The summed E-state index contributed by atoms with van der Waals surface area (Å²) >= 11 is 0. The second-order valence-electron chi connectivity index (χ2n) is 4.03. The normalized spacial score (nSPS) is 17.9. The second-order valence-corrected chi connectivity index (χ2v) is 4.03. The van der Waals surface area contributed by atoms with Crippen LogP contribution >= 0.6 is 0 Å². The minimum Gasteiger partial charge on any atom is -0.490 e. The van der Waals surface area contributed by atoms with Gasteiger partial charge < -0.3 is 9.84 Å². The van der Waals surface area contributed by atoms with Crippen molar-refractivity contribution < 1.29 is 9.84 Å². The molecule has 0 unspecified atom stereocenters. The number of hydrogen-bond donors (Lipinski definition) is 1. The van der Waals surface area contributed by atoms with Crippen LogP contribution in [0.25, 0.3) is 0 Å². The highest BCUT2D eigenvalue weighted by Crippen LogP contribution is 2.32. The molecule has 1 aliphatic rings. The third-order valence-corrected chi connectivity index (χ3v) is 2.43. The van der Waals surface area contributed by atoms with Gasteiger partial charge in [-0.1, -0.05) is 11.6 Å². The molecule has 2 rings (SSSR count). The molecule has 1 aliphatic carbocycles. The Kier molecular flexibility index (Phi) is 2.46. The van der Waals surface area contributed by atoms with Crippen LogP contribution in [0.4, 0.5) is 0 Å². The van der Waals surface area contributed by atoms with Gasteiger partial charge in [0, 0.05) is 5.56 Å². The van der Waals surface area contributed by atoms with Gasteiger partial charge in [0.2, 0.25) is 0 Å². The van der Waals surface area contributed by atoms with E-state index >= 15 is 0 Å². The molecule has 0 amide bonds. The summed E-state index contributed by atoms with van der Waals surface area (Å²) in [5.74, 6) is 0.841. The van der Waals surface area contributed by atoms with Crippen molar-refractivity contribution in [3.8, 4) is 5.75 Å². The molecule has 76 valence electrons. The second kappa shape index (κ2) is 3.62. The molecular weight excluding hydrogens is 176 g/mol. The van der Waals surface area contributed by atoms with Crippen LogP contribution in [0.1, 0.15) is 37.0 Å². The largest absolute Gasteiger partial charge is 0.490 e. The average Bonchev–Trinajstić information content (AvgIpc) is 2.91. The fourth-order valence-electron chi connectivity index (χ4n) is 1.47. The lowest BCUT2D eigenvalue weighted by molar-refractivity contribution is 0.190. The molecule has 2 heteroatoms. The zero-order valence-electron chi connectivity index (χ0n) is 8.66. The van der Waals surface area contributed by atoms with Gasteiger partial charge in [0.25, 0.3) is 0 Å². The van der Waals surface area contributed by atoms with Crippen LogP contribution < -0.4 is 4.74 Å². The Balaban J connectivity index is 2.26. The van der Waals surface area contributed by atoms with E-state index in [1.807, 2.05) is 25.1 Å². The van der Waals surface area contributed by atoms with Crippen LogP contribution in [-0.4, -0.2) is 11.2 Å². The quantitative estimate of drug-likeness (QED) is 0.797. The third-order valence-electron chi connectivity index (χ3n) is 2.43. The zero-order valence-corrected chi connectivity index (χ0v) is 8.66. The van der Waals surface area contributed by atoms with E-state index in [4.69, 9.17) is 4.74 Å². The number of aliphatic hydroxyl groups is 1. The Morgan fingerprint density at radius 3 is 2.71 bits per heavy atom. The van der Waals surface area contributed by atoms with Gasteiger partial charge in [-0.3, -0.25) is 0 Å². The SMILES string of the molecule is Cc1ccc(OC2CC2)c([C@H](C)O)c1. The van der Waals surface area contributed by atoms with Crippen molar-refractivity contribution in [1.82, 2.24) is 0 Å². The molecule has 14 heavy (non-hydrogen) atoms. The summed E-state index contributed by atoms with van der Waals surface area (Å²) in [4.78, 5) is 0. The minimum absolute atomic E-state index is 0.384. The first kappa shape index (κ1) is 9.53. The van der Waals surface area contributed by atoms with Gasteiger partial charge in [-0.25, -0.2) is 0 Å². The maximum atomic E-state index is 9.58. The van der Waals surface area contributed by atoms with E-state index in [1.165, 1.54) is 0 Å². The van der Waals surface area contributed by atoms with Gasteiger partial charge in [0.1, 0.15) is 5.75 Å². The molecule has 1 N–H and O–H groups in total. The van der Waals surface area contributed by atoms with E-state index in [-0.39, 0.29) is 0 Å². The molecule has 1 atom stereocenters. The van der Waals surface area contributed by atoms with E-state index in [0.717, 1.165) is 29.7 Å². The Morgan fingerprint density at radius 1 is 1.43 bits per heavy atom. The Morgan fingerprint density at radius 2 is 2.14 bits per heavy atom. The lowest BCUT2D eigenvalue weighted by Gasteiger charge is -2.13. The summed E-state index contributed by atoms with van der Waals surface area (Å²) in [6.45, 7) is 3.79.